The second-order valence-electron chi connectivity index (χ2n) is 6.03. The minimum Gasteiger partial charge on any atom is -0.375 e. The van der Waals surface area contributed by atoms with Crippen LogP contribution in [0.1, 0.15) is 32.1 Å². The van der Waals surface area contributed by atoms with Crippen molar-refractivity contribution in [2.45, 2.75) is 42.6 Å². The molecule has 2 fully saturated rings. The van der Waals surface area contributed by atoms with Gasteiger partial charge in [0.2, 0.25) is 10.0 Å². The molecular weight excluding hydrogens is 354 g/mol. The highest BCUT2D eigenvalue weighted by atomic mass is 79.9. The van der Waals surface area contributed by atoms with Crippen LogP contribution in [0.3, 0.4) is 0 Å². The van der Waals surface area contributed by atoms with Gasteiger partial charge in [-0.2, -0.15) is 0 Å². The van der Waals surface area contributed by atoms with Crippen LogP contribution in [0.15, 0.2) is 33.6 Å². The lowest BCUT2D eigenvalue weighted by atomic mass is 9.72. The lowest BCUT2D eigenvalue weighted by molar-refractivity contribution is -0.142. The first-order valence-electron chi connectivity index (χ1n) is 7.39. The molecule has 1 aromatic carbocycles. The Bertz CT molecular complexity index is 613. The van der Waals surface area contributed by atoms with Crippen molar-refractivity contribution in [3.8, 4) is 0 Å². The summed E-state index contributed by atoms with van der Waals surface area (Å²) in [6.45, 7) is 1.25. The zero-order chi connectivity index (χ0) is 14.9. The summed E-state index contributed by atoms with van der Waals surface area (Å²) in [7, 11) is -3.45. The van der Waals surface area contributed by atoms with Crippen molar-refractivity contribution in [1.82, 2.24) is 4.72 Å². The molecule has 1 aliphatic heterocycles. The zero-order valence-electron chi connectivity index (χ0n) is 11.8. The van der Waals surface area contributed by atoms with E-state index in [2.05, 4.69) is 20.7 Å². The summed E-state index contributed by atoms with van der Waals surface area (Å²) in [5.41, 5.74) is 0.0572. The van der Waals surface area contributed by atoms with E-state index in [4.69, 9.17) is 4.74 Å². The fraction of sp³-hybridized carbons (Fsp3) is 0.600. The van der Waals surface area contributed by atoms with E-state index in [0.29, 0.717) is 21.8 Å². The Morgan fingerprint density at radius 3 is 2.76 bits per heavy atom. The van der Waals surface area contributed by atoms with E-state index in [1.165, 1.54) is 6.42 Å². The summed E-state index contributed by atoms with van der Waals surface area (Å²) in [6.07, 6.45) is 5.39. The first-order valence-corrected chi connectivity index (χ1v) is 9.67. The van der Waals surface area contributed by atoms with E-state index in [1.807, 2.05) is 6.07 Å². The number of sulfonamides is 1. The molecule has 1 unspecified atom stereocenters. The van der Waals surface area contributed by atoms with E-state index < -0.39 is 10.0 Å². The SMILES string of the molecule is O=S(=O)(NCC1CCOC2(CCC2)C1)c1ccccc1Br. The first-order chi connectivity index (χ1) is 10.0. The Kier molecular flexibility index (Phi) is 4.41. The van der Waals surface area contributed by atoms with Crippen LogP contribution in [-0.4, -0.2) is 27.2 Å². The Balaban J connectivity index is 1.63. The van der Waals surface area contributed by atoms with Crippen molar-refractivity contribution in [2.24, 2.45) is 5.92 Å². The highest BCUT2D eigenvalue weighted by Gasteiger charge is 2.42. The number of benzene rings is 1. The molecule has 1 N–H and O–H groups in total. The van der Waals surface area contributed by atoms with Crippen LogP contribution in [0.2, 0.25) is 0 Å². The van der Waals surface area contributed by atoms with E-state index in [-0.39, 0.29) is 5.60 Å². The van der Waals surface area contributed by atoms with Crippen LogP contribution in [0.4, 0.5) is 0 Å². The van der Waals surface area contributed by atoms with Crippen molar-refractivity contribution in [3.05, 3.63) is 28.7 Å². The summed E-state index contributed by atoms with van der Waals surface area (Å²) in [6, 6.07) is 6.90. The molecule has 116 valence electrons. The van der Waals surface area contributed by atoms with E-state index in [9.17, 15) is 8.42 Å². The van der Waals surface area contributed by atoms with E-state index in [1.54, 1.807) is 18.2 Å². The lowest BCUT2D eigenvalue weighted by Gasteiger charge is -2.47. The number of hydrogen-bond acceptors (Lipinski definition) is 3. The van der Waals surface area contributed by atoms with Gasteiger partial charge in [-0.25, -0.2) is 13.1 Å². The van der Waals surface area contributed by atoms with Gasteiger partial charge in [-0.3, -0.25) is 0 Å². The average molecular weight is 374 g/mol. The number of nitrogens with one attached hydrogen (secondary N) is 1. The summed E-state index contributed by atoms with van der Waals surface area (Å²) >= 11 is 3.30. The second kappa shape index (κ2) is 5.99. The molecule has 21 heavy (non-hydrogen) atoms. The van der Waals surface area contributed by atoms with Crippen molar-refractivity contribution in [1.29, 1.82) is 0 Å². The summed E-state index contributed by atoms with van der Waals surface area (Å²) in [5.74, 6) is 0.372. The third-order valence-corrected chi connectivity index (χ3v) is 6.98. The van der Waals surface area contributed by atoms with Gasteiger partial charge in [-0.05, 0) is 66.1 Å². The van der Waals surface area contributed by atoms with Crippen molar-refractivity contribution in [3.63, 3.8) is 0 Å². The molecule has 1 atom stereocenters. The van der Waals surface area contributed by atoms with Gasteiger partial charge in [0.15, 0.2) is 0 Å². The fourth-order valence-electron chi connectivity index (χ4n) is 3.19. The number of halogens is 1. The largest absolute Gasteiger partial charge is 0.375 e. The quantitative estimate of drug-likeness (QED) is 0.881. The zero-order valence-corrected chi connectivity index (χ0v) is 14.2. The molecule has 1 aromatic rings. The van der Waals surface area contributed by atoms with Crippen LogP contribution in [0.25, 0.3) is 0 Å². The molecule has 0 radical (unpaired) electrons. The van der Waals surface area contributed by atoms with Gasteiger partial charge in [0.05, 0.1) is 10.5 Å². The standard InChI is InChI=1S/C15H20BrNO3S/c16-13-4-1-2-5-14(13)21(18,19)17-11-12-6-9-20-15(10-12)7-3-8-15/h1-2,4-5,12,17H,3,6-11H2. The Labute approximate surface area is 134 Å². The predicted octanol–water partition coefficient (Wildman–Crippen LogP) is 3.08. The van der Waals surface area contributed by atoms with Crippen LogP contribution < -0.4 is 4.72 Å². The third-order valence-electron chi connectivity index (χ3n) is 4.55. The molecule has 1 spiro atoms. The molecule has 1 saturated heterocycles. The topological polar surface area (TPSA) is 55.4 Å². The minimum atomic E-state index is -3.45. The van der Waals surface area contributed by atoms with Gasteiger partial charge in [0.1, 0.15) is 0 Å². The second-order valence-corrected chi connectivity index (χ2v) is 8.62. The molecule has 2 aliphatic rings. The maximum Gasteiger partial charge on any atom is 0.241 e. The Morgan fingerprint density at radius 2 is 2.10 bits per heavy atom. The Hall–Kier alpha value is -0.430. The highest BCUT2D eigenvalue weighted by Crippen LogP contribution is 2.44. The van der Waals surface area contributed by atoms with Gasteiger partial charge in [-0.15, -0.1) is 0 Å². The normalized spacial score (nSPS) is 24.7. The van der Waals surface area contributed by atoms with Gasteiger partial charge in [-0.1, -0.05) is 12.1 Å². The molecule has 1 aliphatic carbocycles. The summed E-state index contributed by atoms with van der Waals surface area (Å²) in [4.78, 5) is 0.301. The van der Waals surface area contributed by atoms with Crippen molar-refractivity contribution in [2.75, 3.05) is 13.2 Å². The fourth-order valence-corrected chi connectivity index (χ4v) is 5.31. The van der Waals surface area contributed by atoms with Crippen LogP contribution in [-0.2, 0) is 14.8 Å². The molecule has 4 nitrogen and oxygen atoms in total. The summed E-state index contributed by atoms with van der Waals surface area (Å²) < 4.78 is 34.0. The molecule has 1 heterocycles. The molecule has 1 saturated carbocycles. The molecule has 3 rings (SSSR count). The maximum absolute atomic E-state index is 12.4. The molecule has 6 heteroatoms. The molecular formula is C15H20BrNO3S. The van der Waals surface area contributed by atoms with Gasteiger partial charge >= 0.3 is 0 Å². The van der Waals surface area contributed by atoms with E-state index in [0.717, 1.165) is 32.3 Å². The number of hydrogen-bond donors (Lipinski definition) is 1. The number of rotatable bonds is 4. The van der Waals surface area contributed by atoms with Crippen molar-refractivity contribution < 1.29 is 13.2 Å². The average Bonchev–Trinajstić information content (AvgIpc) is 2.44. The molecule has 0 amide bonds. The van der Waals surface area contributed by atoms with E-state index >= 15 is 0 Å². The number of ether oxygens (including phenoxy) is 1. The maximum atomic E-state index is 12.4. The van der Waals surface area contributed by atoms with Gasteiger partial charge in [0, 0.05) is 17.6 Å². The van der Waals surface area contributed by atoms with Crippen LogP contribution in [0, 0.1) is 5.92 Å². The summed E-state index contributed by atoms with van der Waals surface area (Å²) in [5, 5.41) is 0. The first kappa shape index (κ1) is 15.5. The lowest BCUT2D eigenvalue weighted by Crippen LogP contribution is -2.47. The molecule has 0 aromatic heterocycles. The molecule has 0 bridgehead atoms. The van der Waals surface area contributed by atoms with Crippen LogP contribution in [0.5, 0.6) is 0 Å². The van der Waals surface area contributed by atoms with Crippen molar-refractivity contribution >= 4 is 26.0 Å². The smallest absolute Gasteiger partial charge is 0.241 e. The third kappa shape index (κ3) is 3.33. The minimum absolute atomic E-state index is 0.0572. The van der Waals surface area contributed by atoms with Gasteiger partial charge in [0.25, 0.3) is 0 Å². The van der Waals surface area contributed by atoms with Gasteiger partial charge < -0.3 is 4.74 Å². The highest BCUT2D eigenvalue weighted by molar-refractivity contribution is 9.10. The predicted molar refractivity (Wildman–Crippen MR) is 84.6 cm³/mol. The Morgan fingerprint density at radius 1 is 1.33 bits per heavy atom. The monoisotopic (exact) mass is 373 g/mol. The van der Waals surface area contributed by atoms with Crippen LogP contribution >= 0.6 is 15.9 Å².